The van der Waals surface area contributed by atoms with Crippen LogP contribution in [0.4, 0.5) is 0 Å². The van der Waals surface area contributed by atoms with Gasteiger partial charge in [-0.25, -0.2) is 0 Å². The zero-order chi connectivity index (χ0) is 15.3. The molecule has 1 heterocycles. The maximum absolute atomic E-state index is 11.4. The third-order valence-electron chi connectivity index (χ3n) is 4.64. The Morgan fingerprint density at radius 2 is 1.90 bits per heavy atom. The van der Waals surface area contributed by atoms with E-state index in [0.717, 1.165) is 44.6 Å². The van der Waals surface area contributed by atoms with Crippen LogP contribution in [0.25, 0.3) is 0 Å². The average Bonchev–Trinajstić information content (AvgIpc) is 2.50. The topological polar surface area (TPSA) is 49.8 Å². The van der Waals surface area contributed by atoms with Crippen molar-refractivity contribution in [2.75, 3.05) is 26.2 Å². The van der Waals surface area contributed by atoms with E-state index in [0.29, 0.717) is 6.61 Å². The highest BCUT2D eigenvalue weighted by Crippen LogP contribution is 2.34. The number of ether oxygens (including phenoxy) is 1. The van der Waals surface area contributed by atoms with Crippen molar-refractivity contribution in [3.63, 3.8) is 0 Å². The minimum atomic E-state index is -0.638. The van der Waals surface area contributed by atoms with E-state index in [2.05, 4.69) is 11.8 Å². The Kier molecular flexibility index (Phi) is 5.23. The van der Waals surface area contributed by atoms with E-state index in [1.54, 1.807) is 0 Å². The van der Waals surface area contributed by atoms with Crippen LogP contribution in [0.15, 0.2) is 24.3 Å². The number of carbonyl (C=O) groups is 1. The van der Waals surface area contributed by atoms with E-state index in [4.69, 9.17) is 4.74 Å². The first-order chi connectivity index (χ1) is 10.1. The molecule has 0 saturated carbocycles. The number of carboxylic acids is 1. The van der Waals surface area contributed by atoms with Crippen LogP contribution in [-0.2, 0) is 4.79 Å². The van der Waals surface area contributed by atoms with Crippen molar-refractivity contribution in [1.82, 2.24) is 4.90 Å². The summed E-state index contributed by atoms with van der Waals surface area (Å²) in [5, 5.41) is 9.38. The monoisotopic (exact) mass is 291 g/mol. The van der Waals surface area contributed by atoms with E-state index in [1.807, 2.05) is 31.2 Å². The second-order valence-electron chi connectivity index (χ2n) is 5.94. The summed E-state index contributed by atoms with van der Waals surface area (Å²) >= 11 is 0. The van der Waals surface area contributed by atoms with E-state index in [9.17, 15) is 9.90 Å². The van der Waals surface area contributed by atoms with Crippen molar-refractivity contribution >= 4 is 5.97 Å². The molecule has 0 atom stereocenters. The molecule has 1 aliphatic heterocycles. The molecule has 1 aliphatic rings. The molecule has 0 aromatic heterocycles. The summed E-state index contributed by atoms with van der Waals surface area (Å²) in [7, 11) is 0. The molecule has 2 rings (SSSR count). The number of rotatable bonds is 6. The van der Waals surface area contributed by atoms with Crippen LogP contribution in [0, 0.1) is 12.3 Å². The van der Waals surface area contributed by atoms with Gasteiger partial charge >= 0.3 is 5.97 Å². The van der Waals surface area contributed by atoms with Crippen molar-refractivity contribution in [3.05, 3.63) is 29.8 Å². The highest BCUT2D eigenvalue weighted by Gasteiger charge is 2.39. The fourth-order valence-electron chi connectivity index (χ4n) is 2.85. The second kappa shape index (κ2) is 6.94. The van der Waals surface area contributed by atoms with Gasteiger partial charge in [-0.3, -0.25) is 9.69 Å². The minimum Gasteiger partial charge on any atom is -0.492 e. The summed E-state index contributed by atoms with van der Waals surface area (Å²) in [4.78, 5) is 13.7. The SMILES string of the molecule is CCC1(C(=O)O)CCN(CCOc2ccc(C)cc2)CC1. The number of hydrogen-bond donors (Lipinski definition) is 1. The van der Waals surface area contributed by atoms with Crippen molar-refractivity contribution in [1.29, 1.82) is 0 Å². The summed E-state index contributed by atoms with van der Waals surface area (Å²) < 4.78 is 5.73. The Hall–Kier alpha value is -1.55. The molecule has 0 spiro atoms. The first-order valence-electron chi connectivity index (χ1n) is 7.71. The number of aryl methyl sites for hydroxylation is 1. The van der Waals surface area contributed by atoms with E-state index < -0.39 is 11.4 Å². The van der Waals surface area contributed by atoms with Crippen LogP contribution in [-0.4, -0.2) is 42.2 Å². The van der Waals surface area contributed by atoms with Crippen LogP contribution in [0.1, 0.15) is 31.7 Å². The summed E-state index contributed by atoms with van der Waals surface area (Å²) in [5.74, 6) is 0.256. The molecule has 4 heteroatoms. The molecule has 1 N–H and O–H groups in total. The van der Waals surface area contributed by atoms with Crippen LogP contribution in [0.3, 0.4) is 0 Å². The van der Waals surface area contributed by atoms with Gasteiger partial charge in [0.05, 0.1) is 5.41 Å². The predicted octanol–water partition coefficient (Wildman–Crippen LogP) is 2.95. The molecule has 0 aliphatic carbocycles. The van der Waals surface area contributed by atoms with Gasteiger partial charge in [-0.15, -0.1) is 0 Å². The highest BCUT2D eigenvalue weighted by atomic mass is 16.5. The van der Waals surface area contributed by atoms with Crippen molar-refractivity contribution in [2.45, 2.75) is 33.1 Å². The number of hydrogen-bond acceptors (Lipinski definition) is 3. The Labute approximate surface area is 126 Å². The number of piperidine rings is 1. The predicted molar refractivity (Wildman–Crippen MR) is 82.7 cm³/mol. The van der Waals surface area contributed by atoms with E-state index in [-0.39, 0.29) is 0 Å². The molecular formula is C17H25NO3. The van der Waals surface area contributed by atoms with Gasteiger partial charge < -0.3 is 9.84 Å². The average molecular weight is 291 g/mol. The van der Waals surface area contributed by atoms with Crippen LogP contribution in [0.5, 0.6) is 5.75 Å². The Balaban J connectivity index is 1.74. The minimum absolute atomic E-state index is 0.506. The molecule has 0 unspecified atom stereocenters. The number of benzene rings is 1. The van der Waals surface area contributed by atoms with Crippen molar-refractivity contribution < 1.29 is 14.6 Å². The van der Waals surface area contributed by atoms with E-state index >= 15 is 0 Å². The summed E-state index contributed by atoms with van der Waals surface area (Å²) in [6.07, 6.45) is 2.20. The number of likely N-dealkylation sites (tertiary alicyclic amines) is 1. The fourth-order valence-corrected chi connectivity index (χ4v) is 2.85. The van der Waals surface area contributed by atoms with Crippen LogP contribution in [0.2, 0.25) is 0 Å². The lowest BCUT2D eigenvalue weighted by Crippen LogP contribution is -2.45. The van der Waals surface area contributed by atoms with Gasteiger partial charge in [0.15, 0.2) is 0 Å². The molecule has 1 saturated heterocycles. The maximum atomic E-state index is 11.4. The molecule has 0 amide bonds. The molecule has 0 bridgehead atoms. The molecule has 0 radical (unpaired) electrons. The maximum Gasteiger partial charge on any atom is 0.309 e. The molecule has 116 valence electrons. The third kappa shape index (κ3) is 3.97. The molecule has 1 aromatic rings. The zero-order valence-corrected chi connectivity index (χ0v) is 13.0. The summed E-state index contributed by atoms with van der Waals surface area (Å²) in [5.41, 5.74) is 0.719. The second-order valence-corrected chi connectivity index (χ2v) is 5.94. The summed E-state index contributed by atoms with van der Waals surface area (Å²) in [6, 6.07) is 8.05. The molecule has 1 aromatic carbocycles. The quantitative estimate of drug-likeness (QED) is 0.875. The number of aliphatic carboxylic acids is 1. The smallest absolute Gasteiger partial charge is 0.309 e. The van der Waals surface area contributed by atoms with Crippen molar-refractivity contribution in [3.8, 4) is 5.75 Å². The van der Waals surface area contributed by atoms with E-state index in [1.165, 1.54) is 5.56 Å². The Bertz CT molecular complexity index is 461. The Morgan fingerprint density at radius 1 is 1.29 bits per heavy atom. The number of carboxylic acid groups (broad SMARTS) is 1. The molecule has 4 nitrogen and oxygen atoms in total. The van der Waals surface area contributed by atoms with Gasteiger partial charge in [-0.1, -0.05) is 24.6 Å². The van der Waals surface area contributed by atoms with Gasteiger partial charge in [0, 0.05) is 6.54 Å². The standard InChI is InChI=1S/C17H25NO3/c1-3-17(16(19)20)8-10-18(11-9-17)12-13-21-15-6-4-14(2)5-7-15/h4-7H,3,8-13H2,1-2H3,(H,19,20). The lowest BCUT2D eigenvalue weighted by atomic mass is 9.76. The molecule has 21 heavy (non-hydrogen) atoms. The highest BCUT2D eigenvalue weighted by molar-refractivity contribution is 5.74. The van der Waals surface area contributed by atoms with Gasteiger partial charge in [0.2, 0.25) is 0 Å². The van der Waals surface area contributed by atoms with Gasteiger partial charge in [-0.05, 0) is 51.4 Å². The number of nitrogens with zero attached hydrogens (tertiary/aromatic N) is 1. The lowest BCUT2D eigenvalue weighted by molar-refractivity contribution is -0.152. The van der Waals surface area contributed by atoms with Crippen LogP contribution < -0.4 is 4.74 Å². The lowest BCUT2D eigenvalue weighted by Gasteiger charge is -2.38. The first-order valence-corrected chi connectivity index (χ1v) is 7.71. The zero-order valence-electron chi connectivity index (χ0n) is 13.0. The third-order valence-corrected chi connectivity index (χ3v) is 4.64. The first kappa shape index (κ1) is 15.8. The van der Waals surface area contributed by atoms with Crippen LogP contribution >= 0.6 is 0 Å². The van der Waals surface area contributed by atoms with Gasteiger partial charge in [0.25, 0.3) is 0 Å². The molecular weight excluding hydrogens is 266 g/mol. The largest absolute Gasteiger partial charge is 0.492 e. The van der Waals surface area contributed by atoms with Gasteiger partial charge in [0.1, 0.15) is 12.4 Å². The fraction of sp³-hybridized carbons (Fsp3) is 0.588. The van der Waals surface area contributed by atoms with Gasteiger partial charge in [-0.2, -0.15) is 0 Å². The summed E-state index contributed by atoms with van der Waals surface area (Å²) in [6.45, 7) is 7.22. The Morgan fingerprint density at radius 3 is 2.43 bits per heavy atom. The molecule has 1 fully saturated rings. The normalized spacial score (nSPS) is 18.4. The van der Waals surface area contributed by atoms with Crippen molar-refractivity contribution in [2.24, 2.45) is 5.41 Å².